The van der Waals surface area contributed by atoms with Crippen molar-refractivity contribution in [1.29, 1.82) is 0 Å². The third-order valence-electron chi connectivity index (χ3n) is 11.1. The Labute approximate surface area is 362 Å². The van der Waals surface area contributed by atoms with Crippen LogP contribution in [-0.4, -0.2) is 88.0 Å². The second-order valence-corrected chi connectivity index (χ2v) is 20.1. The molecule has 0 bridgehead atoms. The SMILES string of the molecule is CCCCCCCCCCCCCCCCCC(=O)OC[C@H](COP(=O)([O-])OCC[N+](C)(C)C)OC(=O)C1OC(C)(C)OC1CCCCCCCCCCCCCCC. The molecule has 1 heterocycles. The van der Waals surface area contributed by atoms with Crippen LogP contribution in [0.15, 0.2) is 0 Å². The van der Waals surface area contributed by atoms with Crippen LogP contribution in [0.3, 0.4) is 0 Å². The van der Waals surface area contributed by atoms with E-state index in [1.54, 1.807) is 13.8 Å². The van der Waals surface area contributed by atoms with Crippen molar-refractivity contribution < 1.29 is 51.5 Å². The molecule has 11 nitrogen and oxygen atoms in total. The molecule has 350 valence electrons. The first-order valence-corrected chi connectivity index (χ1v) is 25.8. The van der Waals surface area contributed by atoms with Gasteiger partial charge in [-0.05, 0) is 26.7 Å². The largest absolute Gasteiger partial charge is 0.756 e. The summed E-state index contributed by atoms with van der Waals surface area (Å²) in [6, 6.07) is 0. The van der Waals surface area contributed by atoms with Crippen LogP contribution in [0.4, 0.5) is 0 Å². The zero-order chi connectivity index (χ0) is 43.7. The van der Waals surface area contributed by atoms with Gasteiger partial charge in [0, 0.05) is 6.42 Å². The minimum absolute atomic E-state index is 0.0633. The van der Waals surface area contributed by atoms with Gasteiger partial charge < -0.3 is 37.4 Å². The molecule has 1 aliphatic rings. The predicted molar refractivity (Wildman–Crippen MR) is 237 cm³/mol. The van der Waals surface area contributed by atoms with Crippen molar-refractivity contribution >= 4 is 19.8 Å². The van der Waals surface area contributed by atoms with Gasteiger partial charge in [-0.3, -0.25) is 9.36 Å². The lowest BCUT2D eigenvalue weighted by Crippen LogP contribution is -2.39. The summed E-state index contributed by atoms with van der Waals surface area (Å²) in [4.78, 5) is 38.9. The van der Waals surface area contributed by atoms with Crippen LogP contribution in [0, 0.1) is 0 Å². The van der Waals surface area contributed by atoms with Gasteiger partial charge in [0.25, 0.3) is 7.82 Å². The molecule has 12 heteroatoms. The summed E-state index contributed by atoms with van der Waals surface area (Å²) in [5.74, 6) is -2.11. The van der Waals surface area contributed by atoms with Gasteiger partial charge in [0.05, 0.1) is 33.9 Å². The van der Waals surface area contributed by atoms with Crippen LogP contribution in [0.2, 0.25) is 0 Å². The highest BCUT2D eigenvalue weighted by molar-refractivity contribution is 7.45. The first kappa shape index (κ1) is 55.9. The first-order chi connectivity index (χ1) is 28.2. The number of ether oxygens (including phenoxy) is 4. The number of esters is 2. The van der Waals surface area contributed by atoms with Crippen molar-refractivity contribution in [3.63, 3.8) is 0 Å². The predicted octanol–water partition coefficient (Wildman–Crippen LogP) is 11.9. The lowest BCUT2D eigenvalue weighted by molar-refractivity contribution is -0.870. The van der Waals surface area contributed by atoms with Crippen LogP contribution < -0.4 is 4.89 Å². The molecule has 1 fully saturated rings. The van der Waals surface area contributed by atoms with Crippen LogP contribution in [0.1, 0.15) is 220 Å². The molecule has 0 aromatic carbocycles. The van der Waals surface area contributed by atoms with Crippen LogP contribution in [0.25, 0.3) is 0 Å². The summed E-state index contributed by atoms with van der Waals surface area (Å²) in [6.07, 6.45) is 32.9. The standard InChI is InChI=1S/C47H92NO10P/c1-8-10-12-14-16-18-20-22-23-25-27-29-31-33-35-37-44(49)53-40-42(41-55-59(51,52)54-39-38-48(5,6)7)56-46(50)45-43(57-47(3,4)58-45)36-34-32-30-28-26-24-21-19-17-15-13-11-9-2/h42-43,45H,8-41H2,1-7H3/t42-,43?,45?/m1/s1. The molecule has 0 aromatic heterocycles. The van der Waals surface area contributed by atoms with Crippen molar-refractivity contribution in [3.8, 4) is 0 Å². The topological polar surface area (TPSA) is 130 Å². The van der Waals surface area contributed by atoms with Crippen LogP contribution >= 0.6 is 7.82 Å². The average Bonchev–Trinajstić information content (AvgIpc) is 3.49. The molecular weight excluding hydrogens is 769 g/mol. The minimum Gasteiger partial charge on any atom is -0.756 e. The maximum absolute atomic E-state index is 13.6. The molecule has 1 saturated heterocycles. The van der Waals surface area contributed by atoms with Gasteiger partial charge >= 0.3 is 11.9 Å². The Balaban J connectivity index is 2.52. The Kier molecular flexibility index (Phi) is 32.6. The van der Waals surface area contributed by atoms with E-state index in [1.165, 1.54) is 135 Å². The van der Waals surface area contributed by atoms with Crippen LogP contribution in [0.5, 0.6) is 0 Å². The van der Waals surface area contributed by atoms with Gasteiger partial charge in [-0.15, -0.1) is 0 Å². The number of phosphoric ester groups is 1. The van der Waals surface area contributed by atoms with Gasteiger partial charge in [0.2, 0.25) is 0 Å². The maximum Gasteiger partial charge on any atom is 0.338 e. The molecule has 4 atom stereocenters. The Hall–Kier alpha value is -1.07. The molecule has 1 aliphatic heterocycles. The smallest absolute Gasteiger partial charge is 0.338 e. The maximum atomic E-state index is 13.6. The normalized spacial score (nSPS) is 18.2. The summed E-state index contributed by atoms with van der Waals surface area (Å²) in [6.45, 7) is 7.52. The van der Waals surface area contributed by atoms with Crippen molar-refractivity contribution in [2.75, 3.05) is 47.5 Å². The summed E-state index contributed by atoms with van der Waals surface area (Å²) < 4.78 is 46.7. The van der Waals surface area contributed by atoms with E-state index in [-0.39, 0.29) is 19.6 Å². The molecule has 0 radical (unpaired) electrons. The van der Waals surface area contributed by atoms with Gasteiger partial charge in [0.15, 0.2) is 18.0 Å². The van der Waals surface area contributed by atoms with E-state index in [4.69, 9.17) is 28.0 Å². The summed E-state index contributed by atoms with van der Waals surface area (Å²) in [5.41, 5.74) is 0. The quantitative estimate of drug-likeness (QED) is 0.0253. The zero-order valence-electron chi connectivity index (χ0n) is 39.3. The molecule has 59 heavy (non-hydrogen) atoms. The van der Waals surface area contributed by atoms with E-state index in [9.17, 15) is 19.0 Å². The van der Waals surface area contributed by atoms with E-state index in [0.29, 0.717) is 23.9 Å². The number of phosphoric acid groups is 1. The highest BCUT2D eigenvalue weighted by atomic mass is 31.2. The third kappa shape index (κ3) is 33.2. The zero-order valence-corrected chi connectivity index (χ0v) is 40.1. The van der Waals surface area contributed by atoms with E-state index >= 15 is 0 Å². The van der Waals surface area contributed by atoms with Crippen molar-refractivity contribution in [2.45, 2.75) is 244 Å². The Morgan fingerprint density at radius 3 is 1.49 bits per heavy atom. The third-order valence-corrected chi connectivity index (χ3v) is 12.1. The van der Waals surface area contributed by atoms with Gasteiger partial charge in [-0.25, -0.2) is 4.79 Å². The molecule has 0 amide bonds. The lowest BCUT2D eigenvalue weighted by Gasteiger charge is -2.28. The summed E-state index contributed by atoms with van der Waals surface area (Å²) in [5, 5.41) is 0. The van der Waals surface area contributed by atoms with Crippen molar-refractivity contribution in [2.24, 2.45) is 0 Å². The van der Waals surface area contributed by atoms with Crippen LogP contribution in [-0.2, 0) is 42.1 Å². The number of rotatable bonds is 41. The number of quaternary nitrogens is 1. The Morgan fingerprint density at radius 1 is 0.627 bits per heavy atom. The Morgan fingerprint density at radius 2 is 1.05 bits per heavy atom. The lowest BCUT2D eigenvalue weighted by atomic mass is 10.0. The fourth-order valence-electron chi connectivity index (χ4n) is 7.49. The molecule has 0 N–H and O–H groups in total. The number of nitrogens with zero attached hydrogens (tertiary/aromatic N) is 1. The monoisotopic (exact) mass is 862 g/mol. The average molecular weight is 862 g/mol. The van der Waals surface area contributed by atoms with Gasteiger partial charge in [0.1, 0.15) is 19.8 Å². The fourth-order valence-corrected chi connectivity index (χ4v) is 8.22. The van der Waals surface area contributed by atoms with Crippen molar-refractivity contribution in [3.05, 3.63) is 0 Å². The number of carbonyl (C=O) groups excluding carboxylic acids is 2. The molecule has 1 rings (SSSR count). The van der Waals surface area contributed by atoms with E-state index < -0.39 is 50.5 Å². The number of carbonyl (C=O) groups is 2. The Bertz CT molecular complexity index is 1080. The van der Waals surface area contributed by atoms with E-state index in [1.807, 2.05) is 21.1 Å². The van der Waals surface area contributed by atoms with E-state index in [2.05, 4.69) is 13.8 Å². The first-order valence-electron chi connectivity index (χ1n) is 24.3. The second-order valence-electron chi connectivity index (χ2n) is 18.7. The second kappa shape index (κ2) is 34.4. The van der Waals surface area contributed by atoms with E-state index in [0.717, 1.165) is 38.5 Å². The summed E-state index contributed by atoms with van der Waals surface area (Å²) in [7, 11) is 1.05. The minimum atomic E-state index is -4.71. The van der Waals surface area contributed by atoms with Crippen molar-refractivity contribution in [1.82, 2.24) is 0 Å². The van der Waals surface area contributed by atoms with Gasteiger partial charge in [-0.1, -0.05) is 187 Å². The molecule has 0 saturated carbocycles. The number of likely N-dealkylation sites (N-methyl/N-ethyl adjacent to an activating group) is 1. The fraction of sp³-hybridized carbons (Fsp3) is 0.957. The number of hydrogen-bond acceptors (Lipinski definition) is 10. The molecule has 0 spiro atoms. The molecule has 3 unspecified atom stereocenters. The highest BCUT2D eigenvalue weighted by Gasteiger charge is 2.46. The molecule has 0 aliphatic carbocycles. The van der Waals surface area contributed by atoms with Gasteiger partial charge in [-0.2, -0.15) is 0 Å². The molecule has 0 aromatic rings. The summed E-state index contributed by atoms with van der Waals surface area (Å²) >= 11 is 0. The number of hydrogen-bond donors (Lipinski definition) is 0. The molecular formula is C47H92NO10P. The number of unbranched alkanes of at least 4 members (excludes halogenated alkanes) is 26. The highest BCUT2D eigenvalue weighted by Crippen LogP contribution is 2.38.